The lowest BCUT2D eigenvalue weighted by atomic mass is 10.2. The van der Waals surface area contributed by atoms with Crippen molar-refractivity contribution < 1.29 is 9.47 Å². The lowest BCUT2D eigenvalue weighted by molar-refractivity contribution is 0.398. The molecule has 4 aromatic rings. The highest BCUT2D eigenvalue weighted by atomic mass is 16.5. The minimum atomic E-state index is 0.464. The minimum absolute atomic E-state index is 0.464. The second-order valence-electron chi connectivity index (χ2n) is 7.00. The van der Waals surface area contributed by atoms with Crippen molar-refractivity contribution in [3.8, 4) is 29.0 Å². The van der Waals surface area contributed by atoms with Crippen LogP contribution >= 0.6 is 0 Å². The van der Waals surface area contributed by atoms with E-state index in [1.165, 1.54) is 0 Å². The van der Waals surface area contributed by atoms with Crippen molar-refractivity contribution in [1.29, 1.82) is 0 Å². The van der Waals surface area contributed by atoms with Crippen LogP contribution in [0.4, 0.5) is 0 Å². The van der Waals surface area contributed by atoms with E-state index in [0.717, 1.165) is 37.1 Å². The van der Waals surface area contributed by atoms with Crippen molar-refractivity contribution in [3.05, 3.63) is 66.4 Å². The lowest BCUT2D eigenvalue weighted by Gasteiger charge is -2.09. The number of hydrogen-bond donors (Lipinski definition) is 2. The summed E-state index contributed by atoms with van der Waals surface area (Å²) in [5.74, 6) is 2.17. The molecule has 0 spiro atoms. The molecule has 0 aliphatic carbocycles. The number of benzene rings is 1. The van der Waals surface area contributed by atoms with Crippen molar-refractivity contribution >= 4 is 5.52 Å². The zero-order valence-corrected chi connectivity index (χ0v) is 17.7. The zero-order chi connectivity index (χ0) is 21.5. The van der Waals surface area contributed by atoms with Gasteiger partial charge < -0.3 is 20.1 Å². The first kappa shape index (κ1) is 20.8. The van der Waals surface area contributed by atoms with Crippen LogP contribution in [0.5, 0.6) is 17.5 Å². The SMILES string of the molecule is CNCCNCCc1cc2c(Oc3ccccc3)nc(-c3cccc(OC)n3)nn2c1. The zero-order valence-electron chi connectivity index (χ0n) is 17.7. The van der Waals surface area contributed by atoms with E-state index in [1.807, 2.05) is 60.2 Å². The molecule has 0 fully saturated rings. The van der Waals surface area contributed by atoms with Crippen molar-refractivity contribution in [3.63, 3.8) is 0 Å². The maximum absolute atomic E-state index is 6.13. The number of aromatic nitrogens is 4. The van der Waals surface area contributed by atoms with E-state index >= 15 is 0 Å². The predicted octanol–water partition coefficient (Wildman–Crippen LogP) is 2.94. The van der Waals surface area contributed by atoms with Crippen LogP contribution in [0.3, 0.4) is 0 Å². The fourth-order valence-electron chi connectivity index (χ4n) is 3.17. The van der Waals surface area contributed by atoms with Gasteiger partial charge in [-0.2, -0.15) is 4.98 Å². The van der Waals surface area contributed by atoms with Crippen LogP contribution in [0.15, 0.2) is 60.8 Å². The van der Waals surface area contributed by atoms with Crippen molar-refractivity contribution in [2.24, 2.45) is 0 Å². The van der Waals surface area contributed by atoms with Gasteiger partial charge in [0.25, 0.3) is 0 Å². The van der Waals surface area contributed by atoms with Crippen LogP contribution in [-0.2, 0) is 6.42 Å². The molecule has 1 aromatic carbocycles. The summed E-state index contributed by atoms with van der Waals surface area (Å²) >= 11 is 0. The average Bonchev–Trinajstić information content (AvgIpc) is 3.23. The number of pyridine rings is 1. The number of fused-ring (bicyclic) bond motifs is 1. The first-order valence-electron chi connectivity index (χ1n) is 10.3. The van der Waals surface area contributed by atoms with E-state index in [0.29, 0.717) is 29.0 Å². The third kappa shape index (κ3) is 5.17. The van der Waals surface area contributed by atoms with Gasteiger partial charge in [0, 0.05) is 25.4 Å². The topological polar surface area (TPSA) is 85.6 Å². The van der Waals surface area contributed by atoms with Gasteiger partial charge in [-0.25, -0.2) is 9.50 Å². The van der Waals surface area contributed by atoms with E-state index in [1.54, 1.807) is 13.2 Å². The van der Waals surface area contributed by atoms with Crippen molar-refractivity contribution in [1.82, 2.24) is 30.2 Å². The average molecular weight is 419 g/mol. The monoisotopic (exact) mass is 418 g/mol. The molecule has 3 aromatic heterocycles. The van der Waals surface area contributed by atoms with Gasteiger partial charge in [-0.15, -0.1) is 5.10 Å². The number of methoxy groups -OCH3 is 1. The molecule has 0 atom stereocenters. The molecule has 8 heteroatoms. The molecule has 0 aliphatic heterocycles. The Balaban J connectivity index is 1.68. The van der Waals surface area contributed by atoms with Gasteiger partial charge in [0.2, 0.25) is 17.6 Å². The van der Waals surface area contributed by atoms with Crippen LogP contribution in [0.2, 0.25) is 0 Å². The van der Waals surface area contributed by atoms with Gasteiger partial charge in [-0.3, -0.25) is 0 Å². The fraction of sp³-hybridized carbons (Fsp3) is 0.261. The van der Waals surface area contributed by atoms with Crippen LogP contribution in [0.25, 0.3) is 17.0 Å². The van der Waals surface area contributed by atoms with Gasteiger partial charge in [0.1, 0.15) is 17.0 Å². The van der Waals surface area contributed by atoms with Gasteiger partial charge in [0.15, 0.2) is 0 Å². The highest BCUT2D eigenvalue weighted by Crippen LogP contribution is 2.28. The normalized spacial score (nSPS) is 11.0. The van der Waals surface area contributed by atoms with E-state index < -0.39 is 0 Å². The Bertz CT molecular complexity index is 1130. The van der Waals surface area contributed by atoms with Crippen molar-refractivity contribution in [2.45, 2.75) is 6.42 Å². The number of nitrogens with one attached hydrogen (secondary N) is 2. The molecule has 31 heavy (non-hydrogen) atoms. The highest BCUT2D eigenvalue weighted by molar-refractivity contribution is 5.62. The number of ether oxygens (including phenoxy) is 2. The molecule has 0 aliphatic rings. The largest absolute Gasteiger partial charge is 0.481 e. The lowest BCUT2D eigenvalue weighted by Crippen LogP contribution is -2.26. The van der Waals surface area contributed by atoms with Crippen LogP contribution < -0.4 is 20.1 Å². The first-order valence-corrected chi connectivity index (χ1v) is 10.3. The maximum Gasteiger partial charge on any atom is 0.247 e. The van der Waals surface area contributed by atoms with Crippen molar-refractivity contribution in [2.75, 3.05) is 33.8 Å². The van der Waals surface area contributed by atoms with E-state index in [-0.39, 0.29) is 0 Å². The van der Waals surface area contributed by atoms with Gasteiger partial charge in [0.05, 0.1) is 7.11 Å². The molecule has 160 valence electrons. The van der Waals surface area contributed by atoms with Gasteiger partial charge in [-0.1, -0.05) is 24.3 Å². The van der Waals surface area contributed by atoms with Crippen LogP contribution in [-0.4, -0.2) is 53.4 Å². The summed E-state index contributed by atoms with van der Waals surface area (Å²) in [5.41, 5.74) is 2.57. The standard InChI is InChI=1S/C23H26N6O2/c1-24-13-14-25-12-11-17-15-20-23(31-18-7-4-3-5-8-18)27-22(28-29(20)16-17)19-9-6-10-21(26-19)30-2/h3-10,15-16,24-25H,11-14H2,1-2H3. The summed E-state index contributed by atoms with van der Waals surface area (Å²) in [6.07, 6.45) is 2.89. The molecule has 8 nitrogen and oxygen atoms in total. The summed E-state index contributed by atoms with van der Waals surface area (Å²) in [5, 5.41) is 11.2. The summed E-state index contributed by atoms with van der Waals surface area (Å²) < 4.78 is 13.2. The second-order valence-corrected chi connectivity index (χ2v) is 7.00. The summed E-state index contributed by atoms with van der Waals surface area (Å²) in [7, 11) is 3.53. The summed E-state index contributed by atoms with van der Waals surface area (Å²) in [6, 6.07) is 17.2. The highest BCUT2D eigenvalue weighted by Gasteiger charge is 2.15. The molecule has 4 rings (SSSR count). The summed E-state index contributed by atoms with van der Waals surface area (Å²) in [6.45, 7) is 2.75. The first-order chi connectivity index (χ1) is 15.3. The third-order valence-corrected chi connectivity index (χ3v) is 4.75. The Morgan fingerprint density at radius 3 is 2.65 bits per heavy atom. The quantitative estimate of drug-likeness (QED) is 0.383. The van der Waals surface area contributed by atoms with E-state index in [4.69, 9.17) is 9.47 Å². The number of nitrogens with zero attached hydrogens (tertiary/aromatic N) is 4. The molecule has 0 saturated carbocycles. The Kier molecular flexibility index (Phi) is 6.71. The molecular weight excluding hydrogens is 392 g/mol. The summed E-state index contributed by atoms with van der Waals surface area (Å²) in [4.78, 5) is 9.15. The Hall–Kier alpha value is -3.49. The third-order valence-electron chi connectivity index (χ3n) is 4.75. The maximum atomic E-state index is 6.13. The fourth-order valence-corrected chi connectivity index (χ4v) is 3.17. The van der Waals surface area contributed by atoms with E-state index in [2.05, 4.69) is 31.8 Å². The predicted molar refractivity (Wildman–Crippen MR) is 120 cm³/mol. The van der Waals surface area contributed by atoms with Crippen LogP contribution in [0.1, 0.15) is 5.56 Å². The molecule has 0 amide bonds. The van der Waals surface area contributed by atoms with E-state index in [9.17, 15) is 0 Å². The molecule has 2 N–H and O–H groups in total. The Morgan fingerprint density at radius 2 is 1.84 bits per heavy atom. The minimum Gasteiger partial charge on any atom is -0.481 e. The molecular formula is C23H26N6O2. The van der Waals surface area contributed by atoms with Gasteiger partial charge >= 0.3 is 0 Å². The number of likely N-dealkylation sites (N-methyl/N-ethyl adjacent to an activating group) is 1. The molecule has 0 unspecified atom stereocenters. The molecule has 0 radical (unpaired) electrons. The smallest absolute Gasteiger partial charge is 0.247 e. The molecule has 0 saturated heterocycles. The second kappa shape index (κ2) is 10.0. The Morgan fingerprint density at radius 1 is 0.968 bits per heavy atom. The molecule has 0 bridgehead atoms. The number of hydrogen-bond acceptors (Lipinski definition) is 7. The number of rotatable bonds is 10. The van der Waals surface area contributed by atoms with Gasteiger partial charge in [-0.05, 0) is 49.8 Å². The number of para-hydroxylation sites is 1. The van der Waals surface area contributed by atoms with Crippen LogP contribution in [0, 0.1) is 0 Å². The molecule has 3 heterocycles. The Labute approximate surface area is 181 Å².